The van der Waals surface area contributed by atoms with Gasteiger partial charge in [-0.2, -0.15) is 5.10 Å². The summed E-state index contributed by atoms with van der Waals surface area (Å²) in [6.45, 7) is 0. The molecule has 0 bridgehead atoms. The van der Waals surface area contributed by atoms with E-state index in [2.05, 4.69) is 35.8 Å². The number of aromatic amines is 1. The van der Waals surface area contributed by atoms with Gasteiger partial charge in [0.1, 0.15) is 5.52 Å². The molecule has 3 aromatic heterocycles. The van der Waals surface area contributed by atoms with Gasteiger partial charge in [0.2, 0.25) is 5.95 Å². The second-order valence-corrected chi connectivity index (χ2v) is 5.40. The Morgan fingerprint density at radius 1 is 0.917 bits per heavy atom. The number of anilines is 4. The maximum Gasteiger partial charge on any atom is 0.227 e. The first kappa shape index (κ1) is 14.4. The number of fused-ring (bicyclic) bond motifs is 1. The van der Waals surface area contributed by atoms with Gasteiger partial charge in [-0.25, -0.2) is 9.97 Å². The molecule has 0 aliphatic heterocycles. The van der Waals surface area contributed by atoms with Gasteiger partial charge in [0.25, 0.3) is 0 Å². The molecule has 7 nitrogen and oxygen atoms in total. The number of nitrogens with one attached hydrogen (secondary N) is 3. The maximum atomic E-state index is 6.34. The molecule has 0 unspecified atom stereocenters. The molecule has 3 N–H and O–H groups in total. The summed E-state index contributed by atoms with van der Waals surface area (Å²) in [7, 11) is 0. The smallest absolute Gasteiger partial charge is 0.227 e. The molecule has 8 heteroatoms. The molecule has 0 fully saturated rings. The normalized spacial score (nSPS) is 10.7. The van der Waals surface area contributed by atoms with Crippen LogP contribution in [0.4, 0.5) is 23.1 Å². The van der Waals surface area contributed by atoms with Gasteiger partial charge in [-0.15, -0.1) is 0 Å². The molecule has 0 aliphatic carbocycles. The molecular weight excluding hydrogens is 326 g/mol. The molecule has 0 amide bonds. The topological polar surface area (TPSA) is 91.4 Å². The Kier molecular flexibility index (Phi) is 3.68. The van der Waals surface area contributed by atoms with Crippen LogP contribution in [-0.2, 0) is 0 Å². The molecule has 4 rings (SSSR count). The number of H-pyrrole nitrogens is 1. The van der Waals surface area contributed by atoms with Crippen LogP contribution >= 0.6 is 11.6 Å². The van der Waals surface area contributed by atoms with Crippen molar-refractivity contribution >= 4 is 45.8 Å². The number of hydrogen-bond donors (Lipinski definition) is 3. The summed E-state index contributed by atoms with van der Waals surface area (Å²) in [6, 6.07) is 11.1. The lowest BCUT2D eigenvalue weighted by Crippen LogP contribution is -1.97. The van der Waals surface area contributed by atoms with Crippen molar-refractivity contribution in [2.24, 2.45) is 0 Å². The van der Waals surface area contributed by atoms with E-state index in [1.165, 1.54) is 0 Å². The Hall–Kier alpha value is -3.19. The van der Waals surface area contributed by atoms with Gasteiger partial charge >= 0.3 is 0 Å². The van der Waals surface area contributed by atoms with Crippen molar-refractivity contribution in [3.63, 3.8) is 0 Å². The van der Waals surface area contributed by atoms with Crippen molar-refractivity contribution < 1.29 is 0 Å². The standard InChI is InChI=1S/C16H12ClN7/c17-11-9-10(4-5-12(11)22-16-19-7-2-8-20-16)21-15-14-13(23-24-15)3-1-6-18-14/h1-9H,(H,19,20,22)(H2,21,23,24). The summed E-state index contributed by atoms with van der Waals surface area (Å²) in [5.74, 6) is 1.14. The van der Waals surface area contributed by atoms with E-state index < -0.39 is 0 Å². The first-order chi connectivity index (χ1) is 11.8. The van der Waals surface area contributed by atoms with Crippen LogP contribution in [0, 0.1) is 0 Å². The Labute approximate surface area is 142 Å². The Balaban J connectivity index is 1.58. The van der Waals surface area contributed by atoms with Crippen LogP contribution in [0.25, 0.3) is 11.0 Å². The monoisotopic (exact) mass is 337 g/mol. The van der Waals surface area contributed by atoms with Gasteiger partial charge in [0, 0.05) is 24.3 Å². The van der Waals surface area contributed by atoms with Gasteiger partial charge < -0.3 is 10.6 Å². The number of aromatic nitrogens is 5. The molecule has 118 valence electrons. The second-order valence-electron chi connectivity index (χ2n) is 4.99. The van der Waals surface area contributed by atoms with E-state index >= 15 is 0 Å². The highest BCUT2D eigenvalue weighted by atomic mass is 35.5. The van der Waals surface area contributed by atoms with Crippen molar-refractivity contribution in [3.8, 4) is 0 Å². The van der Waals surface area contributed by atoms with Gasteiger partial charge in [-0.3, -0.25) is 10.1 Å². The molecular formula is C16H12ClN7. The van der Waals surface area contributed by atoms with E-state index in [1.807, 2.05) is 24.3 Å². The molecule has 1 aromatic carbocycles. The third-order valence-electron chi connectivity index (χ3n) is 3.36. The van der Waals surface area contributed by atoms with Crippen LogP contribution in [-0.4, -0.2) is 25.1 Å². The lowest BCUT2D eigenvalue weighted by Gasteiger charge is -2.09. The Morgan fingerprint density at radius 3 is 2.58 bits per heavy atom. The van der Waals surface area contributed by atoms with Gasteiger partial charge in [-0.1, -0.05) is 11.6 Å². The summed E-state index contributed by atoms with van der Waals surface area (Å²) >= 11 is 6.34. The molecule has 0 atom stereocenters. The van der Waals surface area contributed by atoms with Gasteiger partial charge in [0.05, 0.1) is 16.2 Å². The highest BCUT2D eigenvalue weighted by molar-refractivity contribution is 6.33. The molecule has 0 saturated carbocycles. The van der Waals surface area contributed by atoms with E-state index in [0.29, 0.717) is 16.8 Å². The van der Waals surface area contributed by atoms with Gasteiger partial charge in [-0.05, 0) is 36.4 Å². The minimum Gasteiger partial charge on any atom is -0.337 e. The largest absolute Gasteiger partial charge is 0.337 e. The molecule has 24 heavy (non-hydrogen) atoms. The summed E-state index contributed by atoms with van der Waals surface area (Å²) in [5.41, 5.74) is 3.16. The minimum absolute atomic E-state index is 0.489. The zero-order valence-corrected chi connectivity index (χ0v) is 13.1. The lowest BCUT2D eigenvalue weighted by molar-refractivity contribution is 1.12. The highest BCUT2D eigenvalue weighted by Crippen LogP contribution is 2.29. The number of halogens is 1. The average Bonchev–Trinajstić information content (AvgIpc) is 3.01. The maximum absolute atomic E-state index is 6.34. The van der Waals surface area contributed by atoms with E-state index in [1.54, 1.807) is 30.7 Å². The van der Waals surface area contributed by atoms with Gasteiger partial charge in [0.15, 0.2) is 5.82 Å². The number of nitrogens with zero attached hydrogens (tertiary/aromatic N) is 4. The van der Waals surface area contributed by atoms with Crippen molar-refractivity contribution in [3.05, 3.63) is 60.0 Å². The number of hydrogen-bond acceptors (Lipinski definition) is 6. The Bertz CT molecular complexity index is 984. The molecule has 0 saturated heterocycles. The summed E-state index contributed by atoms with van der Waals surface area (Å²) < 4.78 is 0. The van der Waals surface area contributed by atoms with Crippen LogP contribution in [0.5, 0.6) is 0 Å². The number of pyridine rings is 1. The third kappa shape index (κ3) is 2.84. The fraction of sp³-hybridized carbons (Fsp3) is 0. The quantitative estimate of drug-likeness (QED) is 0.523. The third-order valence-corrected chi connectivity index (χ3v) is 3.68. The second kappa shape index (κ2) is 6.13. The molecule has 0 spiro atoms. The first-order valence-electron chi connectivity index (χ1n) is 7.19. The summed E-state index contributed by atoms with van der Waals surface area (Å²) in [6.07, 6.45) is 5.05. The molecule has 4 aromatic rings. The van der Waals surface area contributed by atoms with Crippen molar-refractivity contribution in [1.82, 2.24) is 25.1 Å². The fourth-order valence-electron chi connectivity index (χ4n) is 2.26. The van der Waals surface area contributed by atoms with E-state index in [-0.39, 0.29) is 0 Å². The summed E-state index contributed by atoms with van der Waals surface area (Å²) in [4.78, 5) is 12.5. The zero-order chi connectivity index (χ0) is 16.4. The Morgan fingerprint density at radius 2 is 1.75 bits per heavy atom. The van der Waals surface area contributed by atoms with Crippen LogP contribution in [0.1, 0.15) is 0 Å². The average molecular weight is 338 g/mol. The van der Waals surface area contributed by atoms with Crippen molar-refractivity contribution in [2.75, 3.05) is 10.6 Å². The van der Waals surface area contributed by atoms with Crippen molar-refractivity contribution in [1.29, 1.82) is 0 Å². The SMILES string of the molecule is Clc1cc(Nc2n[nH]c3cccnc23)ccc1Nc1ncccn1. The summed E-state index contributed by atoms with van der Waals surface area (Å²) in [5, 5.41) is 14.0. The highest BCUT2D eigenvalue weighted by Gasteiger charge is 2.08. The van der Waals surface area contributed by atoms with E-state index in [0.717, 1.165) is 22.4 Å². The van der Waals surface area contributed by atoms with Crippen LogP contribution in [0.15, 0.2) is 55.0 Å². The van der Waals surface area contributed by atoms with E-state index in [9.17, 15) is 0 Å². The lowest BCUT2D eigenvalue weighted by atomic mass is 10.2. The zero-order valence-electron chi connectivity index (χ0n) is 12.4. The predicted octanol–water partition coefficient (Wildman–Crippen LogP) is 3.89. The van der Waals surface area contributed by atoms with E-state index in [4.69, 9.17) is 11.6 Å². The fourth-order valence-corrected chi connectivity index (χ4v) is 2.48. The van der Waals surface area contributed by atoms with Crippen LogP contribution in [0.3, 0.4) is 0 Å². The predicted molar refractivity (Wildman–Crippen MR) is 93.9 cm³/mol. The molecule has 3 heterocycles. The molecule has 0 aliphatic rings. The number of benzene rings is 1. The first-order valence-corrected chi connectivity index (χ1v) is 7.57. The number of rotatable bonds is 4. The van der Waals surface area contributed by atoms with Crippen LogP contribution in [0.2, 0.25) is 5.02 Å². The molecule has 0 radical (unpaired) electrons. The van der Waals surface area contributed by atoms with Crippen LogP contribution < -0.4 is 10.6 Å². The van der Waals surface area contributed by atoms with Crippen molar-refractivity contribution in [2.45, 2.75) is 0 Å². The minimum atomic E-state index is 0.489.